The normalized spacial score (nSPS) is 13.5. The van der Waals surface area contributed by atoms with Crippen molar-refractivity contribution in [1.82, 2.24) is 3.90 Å². The lowest BCUT2D eigenvalue weighted by Gasteiger charge is -2.48. The van der Waals surface area contributed by atoms with Gasteiger partial charge in [0.1, 0.15) is 0 Å². The van der Waals surface area contributed by atoms with Crippen LogP contribution in [-0.2, 0) is 0 Å². The summed E-state index contributed by atoms with van der Waals surface area (Å²) in [6.07, 6.45) is 11.4. The van der Waals surface area contributed by atoms with E-state index < -0.39 is 23.3 Å². The molecule has 0 aromatic rings. The van der Waals surface area contributed by atoms with Crippen molar-refractivity contribution in [2.75, 3.05) is 0 Å². The van der Waals surface area contributed by atoms with Crippen molar-refractivity contribution in [3.63, 3.8) is 0 Å². The predicted octanol–water partition coefficient (Wildman–Crippen LogP) is 3.14. The molecule has 0 amide bonds. The molecule has 1 nitrogen and oxygen atoms in total. The van der Waals surface area contributed by atoms with E-state index in [0.717, 1.165) is 0 Å². The second kappa shape index (κ2) is 4.60. The highest BCUT2D eigenvalue weighted by Gasteiger charge is 2.47. The molecule has 0 saturated heterocycles. The summed E-state index contributed by atoms with van der Waals surface area (Å²) in [4.78, 5) is 0. The highest BCUT2D eigenvalue weighted by atomic mass is 79.9. The van der Waals surface area contributed by atoms with Gasteiger partial charge in [0.2, 0.25) is 0 Å². The first-order valence-corrected chi connectivity index (χ1v) is 16.0. The van der Waals surface area contributed by atoms with Crippen molar-refractivity contribution >= 4 is 38.6 Å². The first kappa shape index (κ1) is 15.2. The molecule has 0 N–H and O–H groups in total. The molecule has 0 aliphatic carbocycles. The van der Waals surface area contributed by atoms with E-state index in [1.54, 1.807) is 0 Å². The van der Waals surface area contributed by atoms with Crippen molar-refractivity contribution < 1.29 is 0 Å². The maximum atomic E-state index is 5.68. The van der Waals surface area contributed by atoms with Crippen molar-refractivity contribution in [2.45, 2.75) is 39.3 Å². The Morgan fingerprint density at radius 3 is 1.27 bits per heavy atom. The van der Waals surface area contributed by atoms with Gasteiger partial charge in [-0.2, -0.15) is 0 Å². The minimum Gasteiger partial charge on any atom is -0.340 e. The van der Waals surface area contributed by atoms with Crippen LogP contribution in [0.1, 0.15) is 0 Å². The molecule has 0 aromatic carbocycles. The van der Waals surface area contributed by atoms with E-state index in [1.165, 1.54) is 0 Å². The summed E-state index contributed by atoms with van der Waals surface area (Å²) < 4.78 is 2.53. The maximum Gasteiger partial charge on any atom is 0.192 e. The topological polar surface area (TPSA) is 3.24 Å². The molecule has 0 aliphatic rings. The van der Waals surface area contributed by atoms with Gasteiger partial charge in [-0.1, -0.05) is 0 Å². The van der Waals surface area contributed by atoms with Crippen LogP contribution in [0.4, 0.5) is 0 Å². The fraction of sp³-hybridized carbons (Fsp3) is 0.600. The largest absolute Gasteiger partial charge is 0.340 e. The predicted molar refractivity (Wildman–Crippen MR) is 80.9 cm³/mol. The summed E-state index contributed by atoms with van der Waals surface area (Å²) in [5.41, 5.74) is 5.99. The zero-order chi connectivity index (χ0) is 12.5. The van der Waals surface area contributed by atoms with Gasteiger partial charge >= 0.3 is 0 Å². The van der Waals surface area contributed by atoms with E-state index in [0.29, 0.717) is 0 Å². The van der Waals surface area contributed by atoms with Crippen molar-refractivity contribution in [1.29, 1.82) is 0 Å². The molecular formula is C10H20BrNSi3. The van der Waals surface area contributed by atoms with Gasteiger partial charge in [0.15, 0.2) is 23.3 Å². The van der Waals surface area contributed by atoms with Gasteiger partial charge in [0, 0.05) is 0 Å². The van der Waals surface area contributed by atoms with Gasteiger partial charge in [-0.3, -0.25) is 0 Å². The number of halogens is 1. The Bertz CT molecular complexity index is 291. The van der Waals surface area contributed by atoms with Gasteiger partial charge in [-0.15, -0.1) is 39.2 Å². The maximum absolute atomic E-state index is 5.68. The fourth-order valence-corrected chi connectivity index (χ4v) is 27.4. The number of rotatable bonds is 3. The summed E-state index contributed by atoms with van der Waals surface area (Å²) in [6.45, 7) is 11.7. The van der Waals surface area contributed by atoms with Crippen LogP contribution < -0.4 is 0 Å². The molecule has 0 rings (SSSR count). The van der Waals surface area contributed by atoms with Crippen molar-refractivity contribution in [3.05, 3.63) is 0 Å². The second-order valence-electron chi connectivity index (χ2n) is 5.15. The van der Waals surface area contributed by atoms with Gasteiger partial charge in [-0.05, 0) is 39.3 Å². The SMILES string of the molecule is C#C[Si](C)(C)N([Si](C)(C)Br)[Si](C)(C)C#C. The molecular weight excluding hydrogens is 298 g/mol. The second-order valence-corrected chi connectivity index (χ2v) is 23.3. The third-order valence-electron chi connectivity index (χ3n) is 2.36. The molecule has 0 radical (unpaired) electrons. The van der Waals surface area contributed by atoms with Crippen LogP contribution in [0.25, 0.3) is 0 Å². The third-order valence-corrected chi connectivity index (χ3v) is 20.2. The first-order chi connectivity index (χ1) is 6.49. The fourth-order valence-electron chi connectivity index (χ4n) is 2.16. The third kappa shape index (κ3) is 3.61. The Morgan fingerprint density at radius 2 is 1.13 bits per heavy atom. The highest BCUT2D eigenvalue weighted by molar-refractivity contribution is 9.26. The average molecular weight is 318 g/mol. The van der Waals surface area contributed by atoms with Crippen molar-refractivity contribution in [2.24, 2.45) is 0 Å². The Labute approximate surface area is 105 Å². The standard InChI is InChI=1S/C10H20BrNSi3/c1-9-13(3,4)12(15(7,8)11)14(5,6)10-2/h1-2H,3-8H3. The molecule has 0 spiro atoms. The van der Waals surface area contributed by atoms with E-state index >= 15 is 0 Å². The summed E-state index contributed by atoms with van der Waals surface area (Å²) in [5.74, 6) is 0. The smallest absolute Gasteiger partial charge is 0.192 e. The molecule has 0 heterocycles. The lowest BCUT2D eigenvalue weighted by atomic mass is 11.4. The first-order valence-electron chi connectivity index (χ1n) is 4.94. The van der Waals surface area contributed by atoms with Crippen LogP contribution >= 0.6 is 15.3 Å². The van der Waals surface area contributed by atoms with Crippen LogP contribution in [0.3, 0.4) is 0 Å². The molecule has 0 atom stereocenters. The summed E-state index contributed by atoms with van der Waals surface area (Å²) in [5, 5.41) is 0. The Hall–Kier alpha value is 0.211. The summed E-state index contributed by atoms with van der Waals surface area (Å²) in [6, 6.07) is 0. The lowest BCUT2D eigenvalue weighted by molar-refractivity contribution is 0.952. The highest BCUT2D eigenvalue weighted by Crippen LogP contribution is 2.30. The molecule has 0 aliphatic heterocycles. The quantitative estimate of drug-likeness (QED) is 0.439. The molecule has 0 aromatic heterocycles. The number of terminal acetylenes is 2. The van der Waals surface area contributed by atoms with Gasteiger partial charge in [-0.25, -0.2) is 0 Å². The summed E-state index contributed by atoms with van der Waals surface area (Å²) >= 11 is 3.84. The van der Waals surface area contributed by atoms with Crippen LogP contribution in [0.15, 0.2) is 0 Å². The minimum atomic E-state index is -1.80. The van der Waals surface area contributed by atoms with Crippen LogP contribution in [0, 0.1) is 23.9 Å². The zero-order valence-corrected chi connectivity index (χ0v) is 15.1. The lowest BCUT2D eigenvalue weighted by Crippen LogP contribution is -2.69. The van der Waals surface area contributed by atoms with Crippen LogP contribution in [0.2, 0.25) is 39.3 Å². The van der Waals surface area contributed by atoms with E-state index in [2.05, 4.69) is 69.6 Å². The average Bonchev–Trinajstić information content (AvgIpc) is 2.00. The van der Waals surface area contributed by atoms with E-state index in [1.807, 2.05) is 0 Å². The summed E-state index contributed by atoms with van der Waals surface area (Å²) in [7, 11) is -3.61. The minimum absolute atomic E-state index is 1.62. The molecule has 15 heavy (non-hydrogen) atoms. The van der Waals surface area contributed by atoms with E-state index in [-0.39, 0.29) is 0 Å². The molecule has 5 heteroatoms. The molecule has 0 unspecified atom stereocenters. The van der Waals surface area contributed by atoms with Crippen LogP contribution in [-0.4, -0.2) is 27.2 Å². The Morgan fingerprint density at radius 1 is 0.867 bits per heavy atom. The van der Waals surface area contributed by atoms with Gasteiger partial charge in [0.05, 0.1) is 0 Å². The molecule has 0 saturated carbocycles. The number of nitrogens with zero attached hydrogens (tertiary/aromatic N) is 1. The zero-order valence-electron chi connectivity index (χ0n) is 10.5. The van der Waals surface area contributed by atoms with Crippen molar-refractivity contribution in [3.8, 4) is 23.9 Å². The number of hydrogen-bond donors (Lipinski definition) is 0. The Balaban J connectivity index is 5.52. The monoisotopic (exact) mass is 317 g/mol. The molecule has 0 bridgehead atoms. The van der Waals surface area contributed by atoms with Gasteiger partial charge in [0.25, 0.3) is 0 Å². The van der Waals surface area contributed by atoms with E-state index in [9.17, 15) is 0 Å². The number of hydrogen-bond acceptors (Lipinski definition) is 1. The molecule has 0 fully saturated rings. The molecule has 84 valence electrons. The Kier molecular flexibility index (Phi) is 4.67. The van der Waals surface area contributed by atoms with E-state index in [4.69, 9.17) is 12.8 Å². The van der Waals surface area contributed by atoms with Gasteiger partial charge < -0.3 is 3.90 Å². The van der Waals surface area contributed by atoms with Crippen LogP contribution in [0.5, 0.6) is 0 Å².